The minimum Gasteiger partial charge on any atom is -0.321 e. The van der Waals surface area contributed by atoms with Crippen LogP contribution in [0.1, 0.15) is 38.3 Å². The van der Waals surface area contributed by atoms with E-state index in [2.05, 4.69) is 17.5 Å². The number of aryl methyl sites for hydroxylation is 1. The van der Waals surface area contributed by atoms with Crippen molar-refractivity contribution >= 4 is 23.2 Å². The van der Waals surface area contributed by atoms with Crippen LogP contribution in [0.3, 0.4) is 0 Å². The van der Waals surface area contributed by atoms with Gasteiger partial charge in [-0.05, 0) is 60.9 Å². The van der Waals surface area contributed by atoms with E-state index in [0.717, 1.165) is 18.5 Å². The number of benzene rings is 3. The second-order valence-electron chi connectivity index (χ2n) is 6.88. The van der Waals surface area contributed by atoms with Crippen molar-refractivity contribution in [1.82, 2.24) is 0 Å². The second-order valence-corrected chi connectivity index (χ2v) is 6.88. The van der Waals surface area contributed by atoms with E-state index in [-0.39, 0.29) is 11.8 Å². The second kappa shape index (κ2) is 7.99. The van der Waals surface area contributed by atoms with Crippen LogP contribution in [0, 0.1) is 11.3 Å². The lowest BCUT2D eigenvalue weighted by atomic mass is 10.0. The largest absolute Gasteiger partial charge is 0.321 e. The highest BCUT2D eigenvalue weighted by Gasteiger charge is 2.23. The van der Waals surface area contributed by atoms with Crippen LogP contribution in [0.15, 0.2) is 72.8 Å². The Hall–Kier alpha value is -3.91. The van der Waals surface area contributed by atoms with Gasteiger partial charge in [0.2, 0.25) is 0 Å². The lowest BCUT2D eigenvalue weighted by Crippen LogP contribution is -2.35. The lowest BCUT2D eigenvalue weighted by Gasteiger charge is -2.29. The van der Waals surface area contributed by atoms with Crippen LogP contribution >= 0.6 is 0 Å². The zero-order valence-electron chi connectivity index (χ0n) is 15.8. The Morgan fingerprint density at radius 2 is 1.59 bits per heavy atom. The Bertz CT molecular complexity index is 1110. The zero-order valence-corrected chi connectivity index (χ0v) is 15.8. The van der Waals surface area contributed by atoms with Gasteiger partial charge in [-0.3, -0.25) is 9.59 Å². The Balaban J connectivity index is 1.52. The van der Waals surface area contributed by atoms with Gasteiger partial charge in [-0.15, -0.1) is 0 Å². The third-order valence-corrected chi connectivity index (χ3v) is 5.05. The van der Waals surface area contributed by atoms with Gasteiger partial charge in [0.05, 0.1) is 11.3 Å². The van der Waals surface area contributed by atoms with Crippen LogP contribution in [0.4, 0.5) is 11.4 Å². The maximum absolute atomic E-state index is 13.0. The van der Waals surface area contributed by atoms with Gasteiger partial charge < -0.3 is 10.2 Å². The molecule has 0 atom stereocenters. The number of nitrogens with zero attached hydrogens (tertiary/aromatic N) is 2. The van der Waals surface area contributed by atoms with E-state index in [9.17, 15) is 9.59 Å². The molecule has 5 heteroatoms. The lowest BCUT2D eigenvalue weighted by molar-refractivity contribution is 0.0982. The molecule has 5 nitrogen and oxygen atoms in total. The number of nitrogens with one attached hydrogen (secondary N) is 1. The number of hydrogen-bond acceptors (Lipinski definition) is 3. The average molecular weight is 381 g/mol. The minimum absolute atomic E-state index is 0.0704. The van der Waals surface area contributed by atoms with E-state index < -0.39 is 0 Å². The molecule has 4 rings (SSSR count). The topological polar surface area (TPSA) is 73.2 Å². The van der Waals surface area contributed by atoms with Gasteiger partial charge >= 0.3 is 0 Å². The van der Waals surface area contributed by atoms with Crippen molar-refractivity contribution < 1.29 is 9.59 Å². The third kappa shape index (κ3) is 3.74. The molecule has 0 aliphatic carbocycles. The van der Waals surface area contributed by atoms with Gasteiger partial charge in [0.1, 0.15) is 6.07 Å². The van der Waals surface area contributed by atoms with Crippen molar-refractivity contribution in [3.8, 4) is 6.07 Å². The number of carbonyl (C=O) groups excluding carboxylic acids is 2. The Morgan fingerprint density at radius 3 is 2.38 bits per heavy atom. The summed E-state index contributed by atoms with van der Waals surface area (Å²) in [7, 11) is 0. The van der Waals surface area contributed by atoms with Crippen molar-refractivity contribution in [3.05, 3.63) is 95.1 Å². The molecule has 29 heavy (non-hydrogen) atoms. The summed E-state index contributed by atoms with van der Waals surface area (Å²) in [6.07, 6.45) is 1.91. The van der Waals surface area contributed by atoms with Crippen LogP contribution < -0.4 is 10.2 Å². The first-order chi connectivity index (χ1) is 14.2. The van der Waals surface area contributed by atoms with Gasteiger partial charge in [0.25, 0.3) is 11.8 Å². The number of nitriles is 1. The molecule has 0 saturated carbocycles. The first kappa shape index (κ1) is 18.5. The van der Waals surface area contributed by atoms with E-state index >= 15 is 0 Å². The predicted octanol–water partition coefficient (Wildman–Crippen LogP) is 4.40. The van der Waals surface area contributed by atoms with E-state index in [1.165, 1.54) is 5.56 Å². The van der Waals surface area contributed by atoms with Gasteiger partial charge in [0, 0.05) is 23.4 Å². The fourth-order valence-electron chi connectivity index (χ4n) is 3.55. The molecular formula is C24H19N3O2. The summed E-state index contributed by atoms with van der Waals surface area (Å²) in [5.74, 6) is -0.394. The first-order valence-corrected chi connectivity index (χ1v) is 9.47. The Labute approximate surface area is 169 Å². The molecule has 1 N–H and O–H groups in total. The summed E-state index contributed by atoms with van der Waals surface area (Å²) in [4.78, 5) is 27.3. The number of para-hydroxylation sites is 2. The number of fused-ring (bicyclic) bond motifs is 1. The number of rotatable bonds is 3. The monoisotopic (exact) mass is 381 g/mol. The molecule has 0 spiro atoms. The molecule has 0 bridgehead atoms. The molecular weight excluding hydrogens is 362 g/mol. The Morgan fingerprint density at radius 1 is 0.897 bits per heavy atom. The maximum atomic E-state index is 13.0. The molecule has 2 amide bonds. The van der Waals surface area contributed by atoms with Crippen molar-refractivity contribution in [3.63, 3.8) is 0 Å². The summed E-state index contributed by atoms with van der Waals surface area (Å²) < 4.78 is 0. The summed E-state index contributed by atoms with van der Waals surface area (Å²) >= 11 is 0. The molecule has 0 radical (unpaired) electrons. The fraction of sp³-hybridized carbons (Fsp3) is 0.125. The molecule has 1 heterocycles. The molecule has 3 aromatic carbocycles. The van der Waals surface area contributed by atoms with E-state index in [0.29, 0.717) is 28.9 Å². The standard InChI is InChI=1S/C24H19N3O2/c25-16-20-7-1-3-9-21(20)26-23(28)18-11-13-19(14-12-18)24(29)27-15-5-8-17-6-2-4-10-22(17)27/h1-4,6-7,9-14H,5,8,15H2,(H,26,28). The van der Waals surface area contributed by atoms with Crippen molar-refractivity contribution in [2.45, 2.75) is 12.8 Å². The summed E-state index contributed by atoms with van der Waals surface area (Å²) in [5, 5.41) is 11.9. The van der Waals surface area contributed by atoms with E-state index in [4.69, 9.17) is 5.26 Å². The van der Waals surface area contributed by atoms with Gasteiger partial charge in [-0.2, -0.15) is 5.26 Å². The SMILES string of the molecule is N#Cc1ccccc1NC(=O)c1ccc(C(=O)N2CCCc3ccccc32)cc1. The van der Waals surface area contributed by atoms with Crippen molar-refractivity contribution in [2.75, 3.05) is 16.8 Å². The third-order valence-electron chi connectivity index (χ3n) is 5.05. The quantitative estimate of drug-likeness (QED) is 0.731. The van der Waals surface area contributed by atoms with Crippen LogP contribution in [0.5, 0.6) is 0 Å². The molecule has 0 fully saturated rings. The molecule has 1 aliphatic heterocycles. The van der Waals surface area contributed by atoms with Crippen LogP contribution in [-0.2, 0) is 6.42 Å². The van der Waals surface area contributed by atoms with Crippen molar-refractivity contribution in [2.24, 2.45) is 0 Å². The highest BCUT2D eigenvalue weighted by atomic mass is 16.2. The smallest absolute Gasteiger partial charge is 0.258 e. The van der Waals surface area contributed by atoms with E-state index in [1.54, 1.807) is 53.4 Å². The number of amides is 2. The summed E-state index contributed by atoms with van der Waals surface area (Å²) in [5.41, 5.74) is 3.96. The van der Waals surface area contributed by atoms with E-state index in [1.807, 2.05) is 18.2 Å². The normalized spacial score (nSPS) is 12.6. The van der Waals surface area contributed by atoms with Crippen molar-refractivity contribution in [1.29, 1.82) is 5.26 Å². The molecule has 1 aliphatic rings. The fourth-order valence-corrected chi connectivity index (χ4v) is 3.55. The molecule has 0 saturated heterocycles. The minimum atomic E-state index is -0.324. The molecule has 0 aromatic heterocycles. The predicted molar refractivity (Wildman–Crippen MR) is 112 cm³/mol. The highest BCUT2D eigenvalue weighted by Crippen LogP contribution is 2.28. The molecule has 142 valence electrons. The number of hydrogen-bond donors (Lipinski definition) is 1. The van der Waals surface area contributed by atoms with Gasteiger partial charge in [-0.1, -0.05) is 30.3 Å². The molecule has 3 aromatic rings. The average Bonchev–Trinajstić information content (AvgIpc) is 2.78. The molecule has 0 unspecified atom stereocenters. The Kier molecular flexibility index (Phi) is 5.08. The maximum Gasteiger partial charge on any atom is 0.258 e. The van der Waals surface area contributed by atoms with Crippen LogP contribution in [0.2, 0.25) is 0 Å². The summed E-state index contributed by atoms with van der Waals surface area (Å²) in [6.45, 7) is 0.684. The highest BCUT2D eigenvalue weighted by molar-refractivity contribution is 6.08. The van der Waals surface area contributed by atoms with Crippen LogP contribution in [-0.4, -0.2) is 18.4 Å². The van der Waals surface area contributed by atoms with Gasteiger partial charge in [0.15, 0.2) is 0 Å². The first-order valence-electron chi connectivity index (χ1n) is 9.47. The zero-order chi connectivity index (χ0) is 20.2. The number of carbonyl (C=O) groups is 2. The van der Waals surface area contributed by atoms with Crippen LogP contribution in [0.25, 0.3) is 0 Å². The number of anilines is 2. The van der Waals surface area contributed by atoms with Gasteiger partial charge in [-0.25, -0.2) is 0 Å². The summed E-state index contributed by atoms with van der Waals surface area (Å²) in [6, 6.07) is 23.5.